The van der Waals surface area contributed by atoms with Gasteiger partial charge in [-0.25, -0.2) is 0 Å². The van der Waals surface area contributed by atoms with Crippen molar-refractivity contribution in [2.24, 2.45) is 0 Å². The number of amides is 1. The molecule has 108 valence electrons. The van der Waals surface area contributed by atoms with Crippen molar-refractivity contribution in [2.45, 2.75) is 25.8 Å². The Labute approximate surface area is 120 Å². The molecule has 0 bridgehead atoms. The van der Waals surface area contributed by atoms with Crippen molar-refractivity contribution < 1.29 is 14.3 Å². The molecule has 1 amide bonds. The lowest BCUT2D eigenvalue weighted by atomic mass is 10.1. The van der Waals surface area contributed by atoms with E-state index < -0.39 is 0 Å². The van der Waals surface area contributed by atoms with Crippen LogP contribution in [0.4, 0.5) is 0 Å². The number of ether oxygens (including phenoxy) is 2. The first-order chi connectivity index (χ1) is 9.62. The Kier molecular flexibility index (Phi) is 4.32. The molecule has 1 saturated heterocycles. The number of aryl methyl sites for hydroxylation is 1. The normalized spacial score (nSPS) is 17.9. The number of hydrogen-bond donors (Lipinski definition) is 0. The number of nitrogens with zero attached hydrogens (tertiary/aromatic N) is 1. The van der Waals surface area contributed by atoms with E-state index in [1.165, 1.54) is 0 Å². The minimum absolute atomic E-state index is 0.0332. The van der Waals surface area contributed by atoms with Gasteiger partial charge < -0.3 is 14.4 Å². The molecule has 1 fully saturated rings. The summed E-state index contributed by atoms with van der Waals surface area (Å²) in [4.78, 5) is 14.6. The number of carbonyl (C=O) groups excluding carboxylic acids is 1. The number of likely N-dealkylation sites (tertiary alicyclic amines) is 1. The monoisotopic (exact) mass is 275 g/mol. The number of rotatable bonds is 4. The van der Waals surface area contributed by atoms with Crippen molar-refractivity contribution >= 4 is 5.91 Å². The lowest BCUT2D eigenvalue weighted by Crippen LogP contribution is -2.34. The third kappa shape index (κ3) is 2.50. The van der Waals surface area contributed by atoms with Crippen LogP contribution in [0.25, 0.3) is 0 Å². The first kappa shape index (κ1) is 14.4. The molecule has 1 aliphatic rings. The van der Waals surface area contributed by atoms with E-state index in [0.717, 1.165) is 24.9 Å². The number of benzene rings is 1. The van der Waals surface area contributed by atoms with Gasteiger partial charge in [0, 0.05) is 12.1 Å². The summed E-state index contributed by atoms with van der Waals surface area (Å²) in [5.74, 6) is 1.25. The minimum atomic E-state index is 0.0332. The van der Waals surface area contributed by atoms with E-state index in [2.05, 4.69) is 6.58 Å². The first-order valence-corrected chi connectivity index (χ1v) is 6.78. The Hall–Kier alpha value is -1.97. The van der Waals surface area contributed by atoms with E-state index in [0.29, 0.717) is 17.1 Å². The molecule has 0 aromatic heterocycles. The van der Waals surface area contributed by atoms with Crippen LogP contribution in [0.15, 0.2) is 24.8 Å². The van der Waals surface area contributed by atoms with Crippen LogP contribution in [0.2, 0.25) is 0 Å². The second-order valence-corrected chi connectivity index (χ2v) is 4.97. The molecule has 0 spiro atoms. The average molecular weight is 275 g/mol. The van der Waals surface area contributed by atoms with E-state index in [1.54, 1.807) is 20.3 Å². The molecule has 1 heterocycles. The maximum Gasteiger partial charge on any atom is 0.254 e. The highest BCUT2D eigenvalue weighted by Crippen LogP contribution is 2.32. The van der Waals surface area contributed by atoms with Crippen LogP contribution in [0.5, 0.6) is 11.5 Å². The zero-order chi connectivity index (χ0) is 14.7. The van der Waals surface area contributed by atoms with Gasteiger partial charge in [-0.3, -0.25) is 4.79 Å². The van der Waals surface area contributed by atoms with Crippen LogP contribution in [-0.4, -0.2) is 37.6 Å². The van der Waals surface area contributed by atoms with E-state index in [9.17, 15) is 4.79 Å². The smallest absolute Gasteiger partial charge is 0.254 e. The number of hydrogen-bond acceptors (Lipinski definition) is 3. The van der Waals surface area contributed by atoms with E-state index in [-0.39, 0.29) is 11.9 Å². The molecule has 2 rings (SSSR count). The second-order valence-electron chi connectivity index (χ2n) is 4.97. The summed E-state index contributed by atoms with van der Waals surface area (Å²) in [5, 5.41) is 0. The van der Waals surface area contributed by atoms with Gasteiger partial charge in [-0.05, 0) is 37.5 Å². The van der Waals surface area contributed by atoms with Crippen molar-refractivity contribution in [1.29, 1.82) is 0 Å². The largest absolute Gasteiger partial charge is 0.493 e. The van der Waals surface area contributed by atoms with Gasteiger partial charge in [0.2, 0.25) is 0 Å². The zero-order valence-electron chi connectivity index (χ0n) is 12.3. The molecular weight excluding hydrogens is 254 g/mol. The Morgan fingerprint density at radius 1 is 1.35 bits per heavy atom. The highest BCUT2D eigenvalue weighted by Gasteiger charge is 2.28. The van der Waals surface area contributed by atoms with Crippen molar-refractivity contribution in [3.8, 4) is 11.5 Å². The van der Waals surface area contributed by atoms with Gasteiger partial charge in [-0.1, -0.05) is 6.08 Å². The molecule has 0 N–H and O–H groups in total. The Morgan fingerprint density at radius 3 is 2.60 bits per heavy atom. The predicted octanol–water partition coefficient (Wildman–Crippen LogP) is 2.80. The van der Waals surface area contributed by atoms with Gasteiger partial charge in [-0.2, -0.15) is 0 Å². The molecule has 1 aliphatic heterocycles. The van der Waals surface area contributed by atoms with Crippen molar-refractivity contribution in [1.82, 2.24) is 4.90 Å². The Balaban J connectivity index is 2.36. The quantitative estimate of drug-likeness (QED) is 0.793. The molecule has 1 unspecified atom stereocenters. The fourth-order valence-corrected chi connectivity index (χ4v) is 2.66. The summed E-state index contributed by atoms with van der Waals surface area (Å²) in [6.45, 7) is 6.51. The molecule has 0 saturated carbocycles. The van der Waals surface area contributed by atoms with Crippen LogP contribution < -0.4 is 9.47 Å². The summed E-state index contributed by atoms with van der Waals surface area (Å²) < 4.78 is 10.5. The highest BCUT2D eigenvalue weighted by atomic mass is 16.5. The lowest BCUT2D eigenvalue weighted by molar-refractivity contribution is 0.0760. The summed E-state index contributed by atoms with van der Waals surface area (Å²) in [5.41, 5.74) is 1.55. The number of methoxy groups -OCH3 is 2. The number of carbonyl (C=O) groups is 1. The molecule has 20 heavy (non-hydrogen) atoms. The fraction of sp³-hybridized carbons (Fsp3) is 0.438. The molecule has 1 atom stereocenters. The minimum Gasteiger partial charge on any atom is -0.493 e. The maximum absolute atomic E-state index is 12.7. The summed E-state index contributed by atoms with van der Waals surface area (Å²) in [7, 11) is 3.16. The van der Waals surface area contributed by atoms with E-state index in [1.807, 2.05) is 24.0 Å². The topological polar surface area (TPSA) is 38.8 Å². The zero-order valence-corrected chi connectivity index (χ0v) is 12.3. The van der Waals surface area contributed by atoms with Gasteiger partial charge >= 0.3 is 0 Å². The lowest BCUT2D eigenvalue weighted by Gasteiger charge is -2.23. The average Bonchev–Trinajstić information content (AvgIpc) is 2.94. The van der Waals surface area contributed by atoms with Crippen molar-refractivity contribution in [2.75, 3.05) is 20.8 Å². The standard InChI is InChI=1S/C16H21NO3/c1-5-12-7-6-8-17(12)16(18)13-10-15(20-4)14(19-3)9-11(13)2/h5,9-10,12H,1,6-8H2,2-4H3. The third-order valence-corrected chi connectivity index (χ3v) is 3.79. The van der Waals surface area contributed by atoms with Gasteiger partial charge in [-0.15, -0.1) is 6.58 Å². The fourth-order valence-electron chi connectivity index (χ4n) is 2.66. The first-order valence-electron chi connectivity index (χ1n) is 6.78. The van der Waals surface area contributed by atoms with Crippen LogP contribution in [0.3, 0.4) is 0 Å². The molecular formula is C16H21NO3. The molecule has 1 aromatic carbocycles. The van der Waals surface area contributed by atoms with Crippen molar-refractivity contribution in [3.63, 3.8) is 0 Å². The van der Waals surface area contributed by atoms with Gasteiger partial charge in [0.15, 0.2) is 11.5 Å². The Morgan fingerprint density at radius 2 is 2.00 bits per heavy atom. The van der Waals surface area contributed by atoms with Crippen LogP contribution in [0, 0.1) is 6.92 Å². The summed E-state index contributed by atoms with van der Waals surface area (Å²) in [6.07, 6.45) is 3.86. The molecule has 4 nitrogen and oxygen atoms in total. The molecule has 0 radical (unpaired) electrons. The SMILES string of the molecule is C=CC1CCCN1C(=O)c1cc(OC)c(OC)cc1C. The summed E-state index contributed by atoms with van der Waals surface area (Å²) >= 11 is 0. The highest BCUT2D eigenvalue weighted by molar-refractivity contribution is 5.97. The van der Waals surface area contributed by atoms with Gasteiger partial charge in [0.25, 0.3) is 5.91 Å². The third-order valence-electron chi connectivity index (χ3n) is 3.79. The van der Waals surface area contributed by atoms with E-state index in [4.69, 9.17) is 9.47 Å². The van der Waals surface area contributed by atoms with Gasteiger partial charge in [0.1, 0.15) is 0 Å². The van der Waals surface area contributed by atoms with Crippen LogP contribution in [-0.2, 0) is 0 Å². The second kappa shape index (κ2) is 5.99. The van der Waals surface area contributed by atoms with Crippen molar-refractivity contribution in [3.05, 3.63) is 35.9 Å². The molecule has 1 aromatic rings. The van der Waals surface area contributed by atoms with Crippen LogP contribution in [0.1, 0.15) is 28.8 Å². The molecule has 0 aliphatic carbocycles. The van der Waals surface area contributed by atoms with Gasteiger partial charge in [0.05, 0.1) is 20.3 Å². The Bertz CT molecular complexity index is 525. The molecule has 4 heteroatoms. The van der Waals surface area contributed by atoms with Crippen LogP contribution >= 0.6 is 0 Å². The van der Waals surface area contributed by atoms with E-state index >= 15 is 0 Å². The predicted molar refractivity (Wildman–Crippen MR) is 78.5 cm³/mol. The maximum atomic E-state index is 12.7. The summed E-state index contributed by atoms with van der Waals surface area (Å²) in [6, 6.07) is 3.73.